The van der Waals surface area contributed by atoms with Crippen molar-refractivity contribution >= 4 is 55.7 Å². The van der Waals surface area contributed by atoms with Gasteiger partial charge in [-0.05, 0) is 118 Å². The number of nitrogens with zero attached hydrogens (tertiary/aromatic N) is 2. The van der Waals surface area contributed by atoms with Crippen LogP contribution in [0, 0.1) is 0 Å². The molecule has 0 fully saturated rings. The van der Waals surface area contributed by atoms with Gasteiger partial charge in [-0.3, -0.25) is 0 Å². The Morgan fingerprint density at radius 3 is 1.44 bits per heavy atom. The van der Waals surface area contributed by atoms with Crippen LogP contribution in [0.2, 0.25) is 0 Å². The molecular formula is C53H48N2. The van der Waals surface area contributed by atoms with Gasteiger partial charge in [-0.2, -0.15) is 0 Å². The largest absolute Gasteiger partial charge is 0.310 e. The molecule has 0 unspecified atom stereocenters. The highest BCUT2D eigenvalue weighted by atomic mass is 15.1. The molecule has 0 aromatic heterocycles. The van der Waals surface area contributed by atoms with Gasteiger partial charge in [-0.1, -0.05) is 148 Å². The summed E-state index contributed by atoms with van der Waals surface area (Å²) in [5.41, 5.74) is 12.0. The van der Waals surface area contributed by atoms with Crippen molar-refractivity contribution in [1.29, 1.82) is 0 Å². The summed E-state index contributed by atoms with van der Waals surface area (Å²) in [6, 6.07) is 66.5. The molecule has 0 saturated carbocycles. The van der Waals surface area contributed by atoms with Gasteiger partial charge >= 0.3 is 0 Å². The molecule has 0 aliphatic heterocycles. The number of unbranched alkanes of at least 4 members (excludes halogenated alkanes) is 1. The van der Waals surface area contributed by atoms with Crippen molar-refractivity contribution in [2.45, 2.75) is 45.4 Å². The average Bonchev–Trinajstić information content (AvgIpc) is 3.22. The Bertz CT molecular complexity index is 2550. The van der Waals surface area contributed by atoms with Crippen LogP contribution in [0.5, 0.6) is 0 Å². The Balaban J connectivity index is 1.15. The van der Waals surface area contributed by atoms with Gasteiger partial charge < -0.3 is 9.80 Å². The van der Waals surface area contributed by atoms with Crippen molar-refractivity contribution < 1.29 is 0 Å². The maximum absolute atomic E-state index is 3.92. The number of benzene rings is 8. The summed E-state index contributed by atoms with van der Waals surface area (Å²) in [5.74, 6) is 0. The zero-order valence-electron chi connectivity index (χ0n) is 32.1. The van der Waals surface area contributed by atoms with Crippen LogP contribution in [0.3, 0.4) is 0 Å². The van der Waals surface area contributed by atoms with E-state index in [-0.39, 0.29) is 5.41 Å². The Labute approximate surface area is 326 Å². The molecule has 0 N–H and O–H groups in total. The highest BCUT2D eigenvalue weighted by Gasteiger charge is 2.19. The number of allylic oxidation sites excluding steroid dienone is 1. The molecule has 0 aliphatic carbocycles. The lowest BCUT2D eigenvalue weighted by atomic mass is 9.87. The summed E-state index contributed by atoms with van der Waals surface area (Å²) in [5, 5.41) is 4.91. The van der Waals surface area contributed by atoms with Crippen molar-refractivity contribution in [1.82, 2.24) is 0 Å². The average molecular weight is 713 g/mol. The second kappa shape index (κ2) is 15.5. The maximum Gasteiger partial charge on any atom is 0.0540 e. The van der Waals surface area contributed by atoms with Crippen LogP contribution in [-0.4, -0.2) is 0 Å². The predicted octanol–water partition coefficient (Wildman–Crippen LogP) is 15.4. The third-order valence-electron chi connectivity index (χ3n) is 10.6. The van der Waals surface area contributed by atoms with Crippen LogP contribution < -0.4 is 9.80 Å². The maximum atomic E-state index is 3.92. The minimum atomic E-state index is 0.0846. The van der Waals surface area contributed by atoms with Gasteiger partial charge in [0.05, 0.1) is 11.4 Å². The fourth-order valence-corrected chi connectivity index (χ4v) is 7.68. The molecule has 0 atom stereocenters. The van der Waals surface area contributed by atoms with Crippen molar-refractivity contribution in [3.63, 3.8) is 0 Å². The SMILES string of the molecule is C=CCCCc1cccc(N(c2ccc(-c3ccc(N(c4ccc(C(C)(C)C)cc4)c4cccc5ccccc45)cc3)cc2)c2cccc3ccccc23)c1. The molecule has 0 spiro atoms. The van der Waals surface area contributed by atoms with Crippen LogP contribution in [-0.2, 0) is 11.8 Å². The molecule has 8 rings (SSSR count). The summed E-state index contributed by atoms with van der Waals surface area (Å²) in [6.45, 7) is 10.7. The summed E-state index contributed by atoms with van der Waals surface area (Å²) in [4.78, 5) is 4.79. The highest BCUT2D eigenvalue weighted by molar-refractivity contribution is 6.00. The molecule has 0 radical (unpaired) electrons. The molecule has 2 heteroatoms. The van der Waals surface area contributed by atoms with Gasteiger partial charge in [0.25, 0.3) is 0 Å². The fraction of sp³-hybridized carbons (Fsp3) is 0.132. The lowest BCUT2D eigenvalue weighted by Crippen LogP contribution is -2.13. The lowest BCUT2D eigenvalue weighted by molar-refractivity contribution is 0.590. The minimum Gasteiger partial charge on any atom is -0.310 e. The van der Waals surface area contributed by atoms with Crippen LogP contribution in [0.15, 0.2) is 195 Å². The first-order valence-electron chi connectivity index (χ1n) is 19.4. The van der Waals surface area contributed by atoms with Crippen LogP contribution in [0.1, 0.15) is 44.7 Å². The lowest BCUT2D eigenvalue weighted by Gasteiger charge is -2.28. The Morgan fingerprint density at radius 2 is 0.927 bits per heavy atom. The first kappa shape index (κ1) is 35.6. The molecular weight excluding hydrogens is 665 g/mol. The van der Waals surface area contributed by atoms with Gasteiger partial charge in [0.15, 0.2) is 0 Å². The van der Waals surface area contributed by atoms with E-state index in [0.717, 1.165) is 47.7 Å². The van der Waals surface area contributed by atoms with Crippen LogP contribution in [0.25, 0.3) is 32.7 Å². The van der Waals surface area contributed by atoms with Crippen LogP contribution in [0.4, 0.5) is 34.1 Å². The van der Waals surface area contributed by atoms with E-state index in [1.807, 2.05) is 6.08 Å². The second-order valence-corrected chi connectivity index (χ2v) is 15.4. The molecule has 0 bridgehead atoms. The van der Waals surface area contributed by atoms with Crippen molar-refractivity contribution in [3.05, 3.63) is 206 Å². The number of anilines is 6. The molecule has 55 heavy (non-hydrogen) atoms. The third-order valence-corrected chi connectivity index (χ3v) is 10.6. The molecule has 0 heterocycles. The van der Waals surface area contributed by atoms with E-state index in [9.17, 15) is 0 Å². The Kier molecular flexibility index (Phi) is 10.1. The number of fused-ring (bicyclic) bond motifs is 2. The molecule has 0 aliphatic rings. The normalized spacial score (nSPS) is 11.5. The molecule has 2 nitrogen and oxygen atoms in total. The minimum absolute atomic E-state index is 0.0846. The van der Waals surface area contributed by atoms with E-state index in [2.05, 4.69) is 219 Å². The molecule has 0 saturated heterocycles. The summed E-state index contributed by atoms with van der Waals surface area (Å²) >= 11 is 0. The summed E-state index contributed by atoms with van der Waals surface area (Å²) < 4.78 is 0. The van der Waals surface area contributed by atoms with Crippen LogP contribution >= 0.6 is 0 Å². The standard InChI is InChI=1S/C53H48N2/c1-5-6-7-15-39-16-12-21-48(38-39)55(52-25-14-20-43-18-9-11-23-50(43)52)46-34-28-41(29-35-46)40-26-32-45(33-27-40)54(47-36-30-44(31-37-47)53(2,3)4)51-24-13-19-42-17-8-10-22-49(42)51/h5,8-14,16-38H,1,6-7,15H2,2-4H3. The second-order valence-electron chi connectivity index (χ2n) is 15.4. The Morgan fingerprint density at radius 1 is 0.473 bits per heavy atom. The molecule has 8 aromatic rings. The van der Waals surface area contributed by atoms with E-state index < -0.39 is 0 Å². The summed E-state index contributed by atoms with van der Waals surface area (Å²) in [6.07, 6.45) is 5.15. The first-order valence-corrected chi connectivity index (χ1v) is 19.4. The Hall–Kier alpha value is -6.38. The first-order chi connectivity index (χ1) is 26.9. The fourth-order valence-electron chi connectivity index (χ4n) is 7.68. The van der Waals surface area contributed by atoms with E-state index in [0.29, 0.717) is 0 Å². The molecule has 0 amide bonds. The third kappa shape index (κ3) is 7.54. The van der Waals surface area contributed by atoms with Crippen molar-refractivity contribution in [2.24, 2.45) is 0 Å². The number of rotatable bonds is 11. The van der Waals surface area contributed by atoms with Crippen molar-refractivity contribution in [3.8, 4) is 11.1 Å². The van der Waals surface area contributed by atoms with Gasteiger partial charge in [-0.25, -0.2) is 0 Å². The number of aryl methyl sites for hydroxylation is 1. The molecule has 270 valence electrons. The zero-order valence-corrected chi connectivity index (χ0v) is 32.1. The molecule has 8 aromatic carbocycles. The van der Waals surface area contributed by atoms with Crippen molar-refractivity contribution in [2.75, 3.05) is 9.80 Å². The van der Waals surface area contributed by atoms with Gasteiger partial charge in [0.1, 0.15) is 0 Å². The summed E-state index contributed by atoms with van der Waals surface area (Å²) in [7, 11) is 0. The highest BCUT2D eigenvalue weighted by Crippen LogP contribution is 2.42. The number of hydrogen-bond acceptors (Lipinski definition) is 2. The smallest absolute Gasteiger partial charge is 0.0540 e. The van der Waals surface area contributed by atoms with E-state index in [1.165, 1.54) is 49.5 Å². The predicted molar refractivity (Wildman–Crippen MR) is 238 cm³/mol. The van der Waals surface area contributed by atoms with E-state index in [1.54, 1.807) is 0 Å². The van der Waals surface area contributed by atoms with Gasteiger partial charge in [-0.15, -0.1) is 6.58 Å². The quantitative estimate of drug-likeness (QED) is 0.0973. The van der Waals surface area contributed by atoms with Gasteiger partial charge in [0.2, 0.25) is 0 Å². The van der Waals surface area contributed by atoms with Gasteiger partial charge in [0, 0.05) is 33.5 Å². The monoisotopic (exact) mass is 712 g/mol. The zero-order chi connectivity index (χ0) is 37.8. The van der Waals surface area contributed by atoms with E-state index in [4.69, 9.17) is 0 Å². The topological polar surface area (TPSA) is 6.48 Å². The van der Waals surface area contributed by atoms with E-state index >= 15 is 0 Å². The number of hydrogen-bond donors (Lipinski definition) is 0.